The predicted octanol–water partition coefficient (Wildman–Crippen LogP) is 6.48. The quantitative estimate of drug-likeness (QED) is 0.283. The van der Waals surface area contributed by atoms with Crippen molar-refractivity contribution < 1.29 is 9.18 Å². The van der Waals surface area contributed by atoms with Gasteiger partial charge in [0, 0.05) is 47.2 Å². The van der Waals surface area contributed by atoms with Crippen molar-refractivity contribution >= 4 is 51.9 Å². The third-order valence-corrected chi connectivity index (χ3v) is 7.47. The standard InChI is InChI=1S/C26H26ClFN4OS2/c1-16(2)14-29-26(34)32-11-9-18(10-12-32)25-31-23(15-35-25)24(33)30-22-8-7-20(28)13-21(22)17-3-5-19(27)6-4-17/h3-8,13,15,18H,1,9-12,14H2,2H3,(H,29,34)(H,30,33). The number of likely N-dealkylation sites (tertiary alicyclic amines) is 1. The molecule has 5 nitrogen and oxygen atoms in total. The molecule has 0 saturated carbocycles. The fourth-order valence-corrected chi connectivity index (χ4v) is 5.28. The highest BCUT2D eigenvalue weighted by atomic mass is 35.5. The van der Waals surface area contributed by atoms with Crippen LogP contribution in [0.1, 0.15) is 41.2 Å². The third-order valence-electron chi connectivity index (χ3n) is 5.81. The van der Waals surface area contributed by atoms with Crippen LogP contribution in [0.2, 0.25) is 5.02 Å². The molecule has 1 amide bonds. The second-order valence-electron chi connectivity index (χ2n) is 8.60. The largest absolute Gasteiger partial charge is 0.359 e. The summed E-state index contributed by atoms with van der Waals surface area (Å²) in [5, 5.41) is 10.2. The Hall–Kier alpha value is -2.81. The van der Waals surface area contributed by atoms with E-state index < -0.39 is 0 Å². The maximum absolute atomic E-state index is 14.0. The summed E-state index contributed by atoms with van der Waals surface area (Å²) in [6.45, 7) is 8.22. The molecule has 1 saturated heterocycles. The van der Waals surface area contributed by atoms with Crippen LogP contribution in [0.5, 0.6) is 0 Å². The van der Waals surface area contributed by atoms with Crippen molar-refractivity contribution in [2.24, 2.45) is 0 Å². The van der Waals surface area contributed by atoms with Gasteiger partial charge in [-0.15, -0.1) is 11.3 Å². The third kappa shape index (κ3) is 6.45. The molecule has 35 heavy (non-hydrogen) atoms. The van der Waals surface area contributed by atoms with E-state index in [-0.39, 0.29) is 17.6 Å². The molecule has 3 aromatic rings. The van der Waals surface area contributed by atoms with Gasteiger partial charge in [-0.1, -0.05) is 35.9 Å². The van der Waals surface area contributed by atoms with Crippen LogP contribution in [0.15, 0.2) is 60.0 Å². The minimum atomic E-state index is -0.385. The Morgan fingerprint density at radius 1 is 1.26 bits per heavy atom. The van der Waals surface area contributed by atoms with Gasteiger partial charge in [0.25, 0.3) is 5.91 Å². The van der Waals surface area contributed by atoms with E-state index in [1.54, 1.807) is 35.7 Å². The Bertz CT molecular complexity index is 1240. The predicted molar refractivity (Wildman–Crippen MR) is 146 cm³/mol. The zero-order valence-corrected chi connectivity index (χ0v) is 21.7. The number of carbonyl (C=O) groups is 1. The number of hydrogen-bond acceptors (Lipinski definition) is 4. The van der Waals surface area contributed by atoms with Gasteiger partial charge in [0.15, 0.2) is 5.11 Å². The molecule has 0 spiro atoms. The van der Waals surface area contributed by atoms with Crippen LogP contribution in [0.4, 0.5) is 10.1 Å². The summed E-state index contributed by atoms with van der Waals surface area (Å²) >= 11 is 13.0. The summed E-state index contributed by atoms with van der Waals surface area (Å²) in [5.41, 5.74) is 3.24. The van der Waals surface area contributed by atoms with E-state index in [1.165, 1.54) is 23.5 Å². The Morgan fingerprint density at radius 3 is 2.66 bits per heavy atom. The number of piperidine rings is 1. The van der Waals surface area contributed by atoms with Crippen molar-refractivity contribution in [3.8, 4) is 11.1 Å². The molecular weight excluding hydrogens is 503 g/mol. The first-order chi connectivity index (χ1) is 16.8. The molecule has 1 aromatic heterocycles. The lowest BCUT2D eigenvalue weighted by molar-refractivity contribution is 0.102. The van der Waals surface area contributed by atoms with Crippen molar-refractivity contribution in [1.29, 1.82) is 0 Å². The Kier molecular flexibility index (Phi) is 8.15. The van der Waals surface area contributed by atoms with Gasteiger partial charge in [-0.2, -0.15) is 0 Å². The van der Waals surface area contributed by atoms with E-state index in [2.05, 4.69) is 27.1 Å². The minimum Gasteiger partial charge on any atom is -0.359 e. The van der Waals surface area contributed by atoms with Crippen LogP contribution in [0.25, 0.3) is 11.1 Å². The number of nitrogens with one attached hydrogen (secondary N) is 2. The fourth-order valence-electron chi connectivity index (χ4n) is 3.93. The van der Waals surface area contributed by atoms with E-state index in [9.17, 15) is 9.18 Å². The molecule has 0 bridgehead atoms. The first kappa shape index (κ1) is 25.3. The summed E-state index contributed by atoms with van der Waals surface area (Å²) in [4.78, 5) is 19.8. The van der Waals surface area contributed by atoms with Gasteiger partial charge in [-0.3, -0.25) is 4.79 Å². The Balaban J connectivity index is 1.40. The Morgan fingerprint density at radius 2 is 1.97 bits per heavy atom. The number of thiocarbonyl (C=S) groups is 1. The van der Waals surface area contributed by atoms with Crippen LogP contribution >= 0.6 is 35.2 Å². The molecule has 0 aliphatic carbocycles. The summed E-state index contributed by atoms with van der Waals surface area (Å²) in [5.74, 6) is -0.418. The second kappa shape index (κ2) is 11.3. The van der Waals surface area contributed by atoms with E-state index in [0.29, 0.717) is 28.5 Å². The molecular formula is C26H26ClFN4OS2. The van der Waals surface area contributed by atoms with Gasteiger partial charge in [-0.05, 0) is 67.9 Å². The van der Waals surface area contributed by atoms with Gasteiger partial charge >= 0.3 is 0 Å². The first-order valence-electron chi connectivity index (χ1n) is 11.3. The monoisotopic (exact) mass is 528 g/mol. The van der Waals surface area contributed by atoms with Gasteiger partial charge in [0.05, 0.1) is 5.01 Å². The van der Waals surface area contributed by atoms with Gasteiger partial charge < -0.3 is 15.5 Å². The zero-order chi connectivity index (χ0) is 24.9. The number of carbonyl (C=O) groups excluding carboxylic acids is 1. The molecule has 2 aromatic carbocycles. The summed E-state index contributed by atoms with van der Waals surface area (Å²) in [6.07, 6.45) is 1.84. The zero-order valence-electron chi connectivity index (χ0n) is 19.3. The lowest BCUT2D eigenvalue weighted by Crippen LogP contribution is -2.44. The lowest BCUT2D eigenvalue weighted by Gasteiger charge is -2.33. The van der Waals surface area contributed by atoms with E-state index >= 15 is 0 Å². The molecule has 0 radical (unpaired) electrons. The molecule has 0 atom stereocenters. The molecule has 1 aliphatic heterocycles. The maximum Gasteiger partial charge on any atom is 0.275 e. The van der Waals surface area contributed by atoms with E-state index in [4.69, 9.17) is 23.8 Å². The molecule has 2 heterocycles. The molecule has 2 N–H and O–H groups in total. The molecule has 182 valence electrons. The van der Waals surface area contributed by atoms with E-state index in [1.807, 2.05) is 6.92 Å². The smallest absolute Gasteiger partial charge is 0.275 e. The number of rotatable bonds is 6. The van der Waals surface area contributed by atoms with Crippen LogP contribution in [-0.4, -0.2) is 40.5 Å². The normalized spacial score (nSPS) is 14.0. The highest BCUT2D eigenvalue weighted by molar-refractivity contribution is 7.80. The van der Waals surface area contributed by atoms with Gasteiger partial charge in [-0.25, -0.2) is 9.37 Å². The number of nitrogens with zero attached hydrogens (tertiary/aromatic N) is 2. The van der Waals surface area contributed by atoms with Crippen molar-refractivity contribution in [3.05, 3.63) is 81.5 Å². The van der Waals surface area contributed by atoms with Crippen molar-refractivity contribution in [3.63, 3.8) is 0 Å². The first-order valence-corrected chi connectivity index (χ1v) is 13.0. The molecule has 9 heteroatoms. The van der Waals surface area contributed by atoms with Crippen LogP contribution in [0, 0.1) is 5.82 Å². The lowest BCUT2D eigenvalue weighted by atomic mass is 9.98. The summed E-state index contributed by atoms with van der Waals surface area (Å²) in [7, 11) is 0. The number of amides is 1. The molecule has 1 fully saturated rings. The second-order valence-corrected chi connectivity index (χ2v) is 10.3. The Labute approximate surface area is 219 Å². The van der Waals surface area contributed by atoms with Crippen molar-refractivity contribution in [2.75, 3.05) is 25.0 Å². The highest BCUT2D eigenvalue weighted by Gasteiger charge is 2.25. The van der Waals surface area contributed by atoms with Crippen LogP contribution in [0.3, 0.4) is 0 Å². The molecule has 4 rings (SSSR count). The average Bonchev–Trinajstić information content (AvgIpc) is 3.35. The summed E-state index contributed by atoms with van der Waals surface area (Å²) < 4.78 is 14.0. The molecule has 0 unspecified atom stereocenters. The van der Waals surface area contributed by atoms with Crippen molar-refractivity contribution in [1.82, 2.24) is 15.2 Å². The number of anilines is 1. The van der Waals surface area contributed by atoms with Crippen LogP contribution < -0.4 is 10.6 Å². The highest BCUT2D eigenvalue weighted by Crippen LogP contribution is 2.32. The summed E-state index contributed by atoms with van der Waals surface area (Å²) in [6, 6.07) is 11.3. The maximum atomic E-state index is 14.0. The number of benzene rings is 2. The molecule has 1 aliphatic rings. The number of hydrogen-bond donors (Lipinski definition) is 2. The van der Waals surface area contributed by atoms with Crippen molar-refractivity contribution in [2.45, 2.75) is 25.7 Å². The van der Waals surface area contributed by atoms with E-state index in [0.717, 1.165) is 47.2 Å². The van der Waals surface area contributed by atoms with Gasteiger partial charge in [0.1, 0.15) is 11.5 Å². The number of halogens is 2. The fraction of sp³-hybridized carbons (Fsp3) is 0.269. The topological polar surface area (TPSA) is 57.3 Å². The minimum absolute atomic E-state index is 0.289. The number of aromatic nitrogens is 1. The van der Waals surface area contributed by atoms with Crippen LogP contribution in [-0.2, 0) is 0 Å². The van der Waals surface area contributed by atoms with Gasteiger partial charge in [0.2, 0.25) is 0 Å². The average molecular weight is 529 g/mol. The SMILES string of the molecule is C=C(C)CNC(=S)N1CCC(c2nc(C(=O)Nc3ccc(F)cc3-c3ccc(Cl)cc3)cs2)CC1. The number of thiazole rings is 1.